The summed E-state index contributed by atoms with van der Waals surface area (Å²) in [4.78, 5) is 24.1. The number of carbonyl (C=O) groups is 1. The third-order valence-corrected chi connectivity index (χ3v) is 7.61. The first-order valence-corrected chi connectivity index (χ1v) is 13.5. The minimum atomic E-state index is -0.338. The molecule has 4 heterocycles. The lowest BCUT2D eigenvalue weighted by Crippen LogP contribution is -2.32. The van der Waals surface area contributed by atoms with Crippen molar-refractivity contribution < 1.29 is 28.5 Å². The number of para-hydroxylation sites is 1. The van der Waals surface area contributed by atoms with Crippen molar-refractivity contribution in [1.82, 2.24) is 0 Å². The zero-order valence-electron chi connectivity index (χ0n) is 22.5. The summed E-state index contributed by atoms with van der Waals surface area (Å²) in [6.07, 6.45) is 13.1. The Balaban J connectivity index is 0.000000136. The molecule has 0 saturated heterocycles. The van der Waals surface area contributed by atoms with Crippen LogP contribution in [0.3, 0.4) is 0 Å². The van der Waals surface area contributed by atoms with Crippen molar-refractivity contribution >= 4 is 39.9 Å². The number of phenols is 1. The molecule has 1 aromatic heterocycles. The number of aromatic hydroxyl groups is 1. The van der Waals surface area contributed by atoms with Crippen molar-refractivity contribution in [3.8, 4) is 23.0 Å². The van der Waals surface area contributed by atoms with Crippen molar-refractivity contribution in [3.63, 3.8) is 0 Å². The van der Waals surface area contributed by atoms with Crippen molar-refractivity contribution in [1.29, 1.82) is 0 Å². The van der Waals surface area contributed by atoms with Gasteiger partial charge in [-0.05, 0) is 80.8 Å². The molecule has 0 unspecified atom stereocenters. The highest BCUT2D eigenvalue weighted by molar-refractivity contribution is 5.95. The van der Waals surface area contributed by atoms with Crippen LogP contribution in [0.5, 0.6) is 23.0 Å². The first-order valence-electron chi connectivity index (χ1n) is 13.5. The van der Waals surface area contributed by atoms with Gasteiger partial charge in [0.2, 0.25) is 11.2 Å². The minimum Gasteiger partial charge on any atom is -0.502 e. The Morgan fingerprint density at radius 3 is 2.66 bits per heavy atom. The smallest absolute Gasteiger partial charge is 0.202 e. The summed E-state index contributed by atoms with van der Waals surface area (Å²) in [5.74, 6) is 2.64. The quantitative estimate of drug-likeness (QED) is 0.307. The van der Waals surface area contributed by atoms with Gasteiger partial charge in [0, 0.05) is 28.5 Å². The lowest BCUT2D eigenvalue weighted by Gasteiger charge is -2.33. The molecule has 4 aliphatic rings. The number of hydrogen-bond acceptors (Lipinski definition) is 7. The molecule has 0 fully saturated rings. The molecule has 0 atom stereocenters. The van der Waals surface area contributed by atoms with Crippen LogP contribution < -0.4 is 30.1 Å². The Morgan fingerprint density at radius 2 is 1.78 bits per heavy atom. The van der Waals surface area contributed by atoms with Crippen LogP contribution in [0.1, 0.15) is 32.3 Å². The van der Waals surface area contributed by atoms with Crippen molar-refractivity contribution in [3.05, 3.63) is 105 Å². The lowest BCUT2D eigenvalue weighted by molar-refractivity contribution is -0.114. The molecule has 0 bridgehead atoms. The molecule has 7 heteroatoms. The summed E-state index contributed by atoms with van der Waals surface area (Å²) in [6, 6.07) is 12.6. The van der Waals surface area contributed by atoms with E-state index < -0.39 is 0 Å². The zero-order chi connectivity index (χ0) is 28.3. The number of carbonyl (C=O) groups excluding carboxylic acids is 1. The Hall–Kier alpha value is -5.04. The van der Waals surface area contributed by atoms with Crippen molar-refractivity contribution in [2.75, 3.05) is 0 Å². The molecule has 0 amide bonds. The van der Waals surface area contributed by atoms with Gasteiger partial charge in [-0.15, -0.1) is 0 Å². The molecule has 1 aliphatic carbocycles. The van der Waals surface area contributed by atoms with E-state index in [0.29, 0.717) is 34.3 Å². The number of phenolic OH excluding ortho intramolecular Hbond substituents is 1. The second kappa shape index (κ2) is 9.27. The molecule has 3 aliphatic heterocycles. The Kier molecular flexibility index (Phi) is 5.64. The molecular formula is C34H26O7. The first-order chi connectivity index (χ1) is 19.8. The lowest BCUT2D eigenvalue weighted by atomic mass is 9.93. The van der Waals surface area contributed by atoms with E-state index in [1.54, 1.807) is 42.7 Å². The maximum atomic E-state index is 12.6. The molecule has 7 nitrogen and oxygen atoms in total. The van der Waals surface area contributed by atoms with Gasteiger partial charge in [-0.2, -0.15) is 0 Å². The Morgan fingerprint density at radius 1 is 0.951 bits per heavy atom. The number of ether oxygens (including phenoxy) is 3. The molecular weight excluding hydrogens is 520 g/mol. The fourth-order valence-corrected chi connectivity index (χ4v) is 5.47. The Labute approximate surface area is 234 Å². The molecule has 8 rings (SSSR count). The predicted octanol–water partition coefficient (Wildman–Crippen LogP) is 5.08. The van der Waals surface area contributed by atoms with E-state index in [2.05, 4.69) is 6.08 Å². The van der Waals surface area contributed by atoms with Crippen LogP contribution in [0.25, 0.3) is 34.1 Å². The zero-order valence-corrected chi connectivity index (χ0v) is 22.5. The molecule has 0 saturated carbocycles. The highest BCUT2D eigenvalue weighted by atomic mass is 16.5. The molecule has 3 aromatic carbocycles. The summed E-state index contributed by atoms with van der Waals surface area (Å²) in [5.41, 5.74) is 2.01. The van der Waals surface area contributed by atoms with E-state index in [0.717, 1.165) is 45.9 Å². The molecule has 1 N–H and O–H groups in total. The number of rotatable bonds is 0. The third-order valence-electron chi connectivity index (χ3n) is 7.61. The van der Waals surface area contributed by atoms with E-state index >= 15 is 0 Å². The van der Waals surface area contributed by atoms with Crippen LogP contribution in [-0.2, 0) is 11.2 Å². The number of allylic oxidation sites excluding steroid dienone is 4. The minimum absolute atomic E-state index is 0.0754. The number of benzene rings is 3. The van der Waals surface area contributed by atoms with Crippen LogP contribution in [0, 0.1) is 0 Å². The van der Waals surface area contributed by atoms with Gasteiger partial charge in [0.1, 0.15) is 28.4 Å². The van der Waals surface area contributed by atoms with Crippen LogP contribution >= 0.6 is 0 Å². The Bertz CT molecular complexity index is 2070. The number of hydrogen-bond donors (Lipinski definition) is 1. The van der Waals surface area contributed by atoms with E-state index in [1.165, 1.54) is 0 Å². The fourth-order valence-electron chi connectivity index (χ4n) is 5.47. The van der Waals surface area contributed by atoms with Crippen molar-refractivity contribution in [2.45, 2.75) is 38.7 Å². The molecule has 4 aromatic rings. The summed E-state index contributed by atoms with van der Waals surface area (Å²) in [5, 5.41) is 13.5. The third kappa shape index (κ3) is 4.30. The first kappa shape index (κ1) is 25.0. The topological polar surface area (TPSA) is 95.2 Å². The van der Waals surface area contributed by atoms with E-state index in [9.17, 15) is 14.7 Å². The van der Waals surface area contributed by atoms with Gasteiger partial charge < -0.3 is 23.7 Å². The van der Waals surface area contributed by atoms with Crippen molar-refractivity contribution in [2.24, 2.45) is 0 Å². The van der Waals surface area contributed by atoms with E-state index in [4.69, 9.17) is 18.6 Å². The van der Waals surface area contributed by atoms with E-state index in [-0.39, 0.29) is 28.1 Å². The largest absolute Gasteiger partial charge is 0.502 e. The number of aryl methyl sites for hydroxylation is 1. The average Bonchev–Trinajstić information content (AvgIpc) is 2.97. The summed E-state index contributed by atoms with van der Waals surface area (Å²) in [7, 11) is 0. The summed E-state index contributed by atoms with van der Waals surface area (Å²) in [6.45, 7) is 3.96. The van der Waals surface area contributed by atoms with Crippen LogP contribution in [-0.4, -0.2) is 16.5 Å². The number of ketones is 1. The second-order valence-electron chi connectivity index (χ2n) is 11.0. The predicted molar refractivity (Wildman–Crippen MR) is 155 cm³/mol. The average molecular weight is 547 g/mol. The van der Waals surface area contributed by atoms with E-state index in [1.807, 2.05) is 44.2 Å². The van der Waals surface area contributed by atoms with Gasteiger partial charge in [-0.3, -0.25) is 9.59 Å². The van der Waals surface area contributed by atoms with Crippen LogP contribution in [0.4, 0.5) is 0 Å². The van der Waals surface area contributed by atoms with Crippen LogP contribution in [0.15, 0.2) is 87.5 Å². The molecule has 0 spiro atoms. The van der Waals surface area contributed by atoms with Gasteiger partial charge in [0.15, 0.2) is 17.1 Å². The molecule has 204 valence electrons. The SMILES string of the molecule is CC1(C)CCc2cc3c(=O)c4ccccc4oc3c(O)c2O1.O=C1C=C2Oc3ccc4c(c3=CC2=CC1)=CC=CO4. The molecule has 0 radical (unpaired) electrons. The normalized spacial score (nSPS) is 17.4. The highest BCUT2D eigenvalue weighted by Gasteiger charge is 2.31. The maximum absolute atomic E-state index is 12.6. The molecule has 41 heavy (non-hydrogen) atoms. The summed E-state index contributed by atoms with van der Waals surface area (Å²) >= 11 is 0. The van der Waals surface area contributed by atoms with Gasteiger partial charge in [-0.25, -0.2) is 0 Å². The summed E-state index contributed by atoms with van der Waals surface area (Å²) < 4.78 is 22.9. The van der Waals surface area contributed by atoms with Gasteiger partial charge in [0.05, 0.1) is 17.0 Å². The van der Waals surface area contributed by atoms with Gasteiger partial charge in [0.25, 0.3) is 0 Å². The standard InChI is InChI=1S/C18H16O4.C16H10O3/c1-18(2)8-7-10-9-12-14(19)11-5-3-4-6-13(11)21-17(12)15(20)16(10)22-18;17-11-4-3-10-8-13-12-2-1-7-18-14(12)5-6-15(13)19-16(10)9-11/h3-6,9,20H,7-8H2,1-2H3;1-3,5-9H,4H2. The monoisotopic (exact) mass is 546 g/mol. The van der Waals surface area contributed by atoms with Gasteiger partial charge >= 0.3 is 0 Å². The maximum Gasteiger partial charge on any atom is 0.202 e. The number of fused-ring (bicyclic) bond motifs is 7. The second-order valence-corrected chi connectivity index (χ2v) is 11.0. The fraction of sp³-hybridized carbons (Fsp3) is 0.176. The highest BCUT2D eigenvalue weighted by Crippen LogP contribution is 2.44. The van der Waals surface area contributed by atoms with Crippen LogP contribution in [0.2, 0.25) is 0 Å². The van der Waals surface area contributed by atoms with Gasteiger partial charge in [-0.1, -0.05) is 18.2 Å².